The molecule has 0 spiro atoms. The number of nitrogens with zero attached hydrogens (tertiary/aromatic N) is 2. The van der Waals surface area contributed by atoms with Gasteiger partial charge >= 0.3 is 5.97 Å². The second-order valence-electron chi connectivity index (χ2n) is 7.66. The molecule has 0 aliphatic carbocycles. The maximum atomic E-state index is 13.3. The zero-order chi connectivity index (χ0) is 22.4. The van der Waals surface area contributed by atoms with Crippen molar-refractivity contribution in [1.82, 2.24) is 0 Å². The molecular weight excluding hydrogens is 412 g/mol. The molecule has 3 heterocycles. The highest BCUT2D eigenvalue weighted by Crippen LogP contribution is 2.39. The highest BCUT2D eigenvalue weighted by Gasteiger charge is 2.57. The van der Waals surface area contributed by atoms with Gasteiger partial charge in [-0.3, -0.25) is 9.59 Å². The van der Waals surface area contributed by atoms with Crippen LogP contribution in [-0.4, -0.2) is 42.3 Å². The van der Waals surface area contributed by atoms with Crippen molar-refractivity contribution in [1.29, 1.82) is 0 Å². The zero-order valence-corrected chi connectivity index (χ0v) is 17.5. The average molecular weight is 432 g/mol. The van der Waals surface area contributed by atoms with Crippen LogP contribution in [-0.2, 0) is 19.2 Å². The summed E-state index contributed by atoms with van der Waals surface area (Å²) < 4.78 is 10.9. The van der Waals surface area contributed by atoms with Crippen molar-refractivity contribution in [2.45, 2.75) is 26.1 Å². The first kappa shape index (κ1) is 20.0. The van der Waals surface area contributed by atoms with Gasteiger partial charge in [-0.25, -0.2) is 9.69 Å². The number of hydrogen-bond acceptors (Lipinski definition) is 7. The number of imide groups is 1. The van der Waals surface area contributed by atoms with Crippen LogP contribution in [0.4, 0.5) is 5.69 Å². The number of amides is 2. The van der Waals surface area contributed by atoms with E-state index in [4.69, 9.17) is 14.3 Å². The fourth-order valence-electron chi connectivity index (χ4n) is 4.16. The molecule has 0 N–H and O–H groups in total. The van der Waals surface area contributed by atoms with E-state index in [2.05, 4.69) is 5.16 Å². The second-order valence-corrected chi connectivity index (χ2v) is 7.66. The molecule has 5 rings (SSSR count). The monoisotopic (exact) mass is 432 g/mol. The normalized spacial score (nSPS) is 23.6. The van der Waals surface area contributed by atoms with Crippen LogP contribution in [0.25, 0.3) is 6.08 Å². The van der Waals surface area contributed by atoms with E-state index in [9.17, 15) is 14.4 Å². The van der Waals surface area contributed by atoms with Gasteiger partial charge in [0.15, 0.2) is 0 Å². The Bertz CT molecular complexity index is 1180. The number of anilines is 1. The molecule has 0 aromatic heterocycles. The molecule has 2 aromatic rings. The Kier molecular flexibility index (Phi) is 4.77. The summed E-state index contributed by atoms with van der Waals surface area (Å²) in [5.41, 5.74) is 2.68. The lowest BCUT2D eigenvalue weighted by molar-refractivity contribution is -0.126. The minimum atomic E-state index is -1.02. The van der Waals surface area contributed by atoms with E-state index in [1.807, 2.05) is 37.3 Å². The summed E-state index contributed by atoms with van der Waals surface area (Å²) in [4.78, 5) is 44.7. The summed E-state index contributed by atoms with van der Waals surface area (Å²) in [5.74, 6) is -1.49. The molecule has 0 radical (unpaired) electrons. The lowest BCUT2D eigenvalue weighted by Crippen LogP contribution is -2.35. The van der Waals surface area contributed by atoms with Crippen LogP contribution in [0, 0.1) is 5.92 Å². The molecular formula is C24H20N2O6. The summed E-state index contributed by atoms with van der Waals surface area (Å²) in [7, 11) is 0. The van der Waals surface area contributed by atoms with Crippen molar-refractivity contribution < 1.29 is 28.7 Å². The fourth-order valence-corrected chi connectivity index (χ4v) is 4.16. The number of oxime groups is 1. The Hall–Kier alpha value is -3.94. The van der Waals surface area contributed by atoms with Gasteiger partial charge in [0.25, 0.3) is 5.91 Å². The maximum Gasteiger partial charge on any atom is 0.338 e. The van der Waals surface area contributed by atoms with Crippen molar-refractivity contribution in [3.05, 3.63) is 65.2 Å². The molecule has 3 aliphatic rings. The fraction of sp³-hybridized carbons (Fsp3) is 0.250. The molecule has 2 amide bonds. The van der Waals surface area contributed by atoms with E-state index in [-0.39, 0.29) is 12.7 Å². The van der Waals surface area contributed by atoms with E-state index < -0.39 is 29.8 Å². The molecule has 2 aromatic carbocycles. The number of para-hydroxylation sites is 1. The quantitative estimate of drug-likeness (QED) is 0.545. The number of carbonyl (C=O) groups excluding carboxylic acids is 3. The molecule has 32 heavy (non-hydrogen) atoms. The minimum absolute atomic E-state index is 0.259. The predicted octanol–water partition coefficient (Wildman–Crippen LogP) is 2.97. The third kappa shape index (κ3) is 3.07. The maximum absolute atomic E-state index is 13.3. The molecule has 8 heteroatoms. The van der Waals surface area contributed by atoms with Crippen LogP contribution in [0.5, 0.6) is 5.75 Å². The number of carbonyl (C=O) groups is 3. The van der Waals surface area contributed by atoms with Crippen LogP contribution in [0.3, 0.4) is 0 Å². The Balaban J connectivity index is 1.44. The largest absolute Gasteiger partial charge is 0.485 e. The van der Waals surface area contributed by atoms with Crippen molar-refractivity contribution >= 4 is 35.3 Å². The Labute approximate surface area is 184 Å². The van der Waals surface area contributed by atoms with Gasteiger partial charge in [-0.1, -0.05) is 23.4 Å². The first-order valence-corrected chi connectivity index (χ1v) is 10.4. The van der Waals surface area contributed by atoms with Gasteiger partial charge < -0.3 is 14.3 Å². The average Bonchev–Trinajstić information content (AvgIpc) is 3.33. The highest BCUT2D eigenvalue weighted by atomic mass is 16.7. The topological polar surface area (TPSA) is 94.5 Å². The van der Waals surface area contributed by atoms with E-state index in [0.29, 0.717) is 22.5 Å². The van der Waals surface area contributed by atoms with Gasteiger partial charge in [0.1, 0.15) is 23.5 Å². The highest BCUT2D eigenvalue weighted by molar-refractivity contribution is 6.33. The molecule has 3 atom stereocenters. The molecule has 1 fully saturated rings. The van der Waals surface area contributed by atoms with Gasteiger partial charge in [0, 0.05) is 11.1 Å². The van der Waals surface area contributed by atoms with Crippen LogP contribution in [0.15, 0.2) is 59.3 Å². The van der Waals surface area contributed by atoms with Gasteiger partial charge in [0.05, 0.1) is 17.9 Å². The standard InChI is InChI=1S/C24H20N2O6/c1-3-30-24(29)14-8-10-16(11-9-14)26-22(27)19-20(25-32-21(19)23(26)28)17-12-15-6-4-5-7-18(15)31-13(17)2/h4-13,19,21H,3H2,1-2H3/t13?,19-,21+/m0/s1. The molecule has 3 aliphatic heterocycles. The number of esters is 1. The first-order valence-electron chi connectivity index (χ1n) is 10.4. The summed E-state index contributed by atoms with van der Waals surface area (Å²) in [6.45, 7) is 3.84. The predicted molar refractivity (Wildman–Crippen MR) is 115 cm³/mol. The van der Waals surface area contributed by atoms with Gasteiger partial charge in [0.2, 0.25) is 12.0 Å². The minimum Gasteiger partial charge on any atom is -0.485 e. The van der Waals surface area contributed by atoms with Gasteiger partial charge in [-0.2, -0.15) is 0 Å². The lowest BCUT2D eigenvalue weighted by Gasteiger charge is -2.25. The molecule has 1 saturated heterocycles. The number of rotatable bonds is 4. The van der Waals surface area contributed by atoms with Gasteiger partial charge in [-0.15, -0.1) is 0 Å². The Morgan fingerprint density at radius 1 is 1.09 bits per heavy atom. The summed E-state index contributed by atoms with van der Waals surface area (Å²) >= 11 is 0. The van der Waals surface area contributed by atoms with E-state index in [0.717, 1.165) is 16.2 Å². The number of fused-ring (bicyclic) bond motifs is 2. The number of hydrogen-bond donors (Lipinski definition) is 0. The van der Waals surface area contributed by atoms with Crippen LogP contribution >= 0.6 is 0 Å². The molecule has 0 saturated carbocycles. The Morgan fingerprint density at radius 3 is 2.59 bits per heavy atom. The summed E-state index contributed by atoms with van der Waals surface area (Å²) in [6.07, 6.45) is 0.544. The third-order valence-electron chi connectivity index (χ3n) is 5.72. The van der Waals surface area contributed by atoms with E-state index in [1.54, 1.807) is 19.1 Å². The number of benzene rings is 2. The summed E-state index contributed by atoms with van der Waals surface area (Å²) in [5, 5.41) is 4.09. The van der Waals surface area contributed by atoms with Crippen LogP contribution < -0.4 is 9.64 Å². The SMILES string of the molecule is CCOC(=O)c1ccc(N2C(=O)[C@H]3C(C4=Cc5ccccc5OC4C)=NO[C@H]3C2=O)cc1. The smallest absolute Gasteiger partial charge is 0.338 e. The van der Waals surface area contributed by atoms with Crippen LogP contribution in [0.2, 0.25) is 0 Å². The molecule has 0 bridgehead atoms. The third-order valence-corrected chi connectivity index (χ3v) is 5.72. The van der Waals surface area contributed by atoms with Crippen LogP contribution in [0.1, 0.15) is 29.8 Å². The van der Waals surface area contributed by atoms with Crippen molar-refractivity contribution in [2.24, 2.45) is 11.1 Å². The van der Waals surface area contributed by atoms with Gasteiger partial charge in [-0.05, 0) is 50.3 Å². The first-order chi connectivity index (χ1) is 15.5. The van der Waals surface area contributed by atoms with Crippen molar-refractivity contribution in [3.63, 3.8) is 0 Å². The Morgan fingerprint density at radius 2 is 1.84 bits per heavy atom. The summed E-state index contributed by atoms with van der Waals surface area (Å²) in [6, 6.07) is 13.7. The zero-order valence-electron chi connectivity index (χ0n) is 17.5. The van der Waals surface area contributed by atoms with E-state index >= 15 is 0 Å². The van der Waals surface area contributed by atoms with E-state index in [1.165, 1.54) is 12.1 Å². The lowest BCUT2D eigenvalue weighted by atomic mass is 9.89. The molecule has 162 valence electrons. The molecule has 8 nitrogen and oxygen atoms in total. The van der Waals surface area contributed by atoms with Crippen molar-refractivity contribution in [3.8, 4) is 5.75 Å². The van der Waals surface area contributed by atoms with Crippen molar-refractivity contribution in [2.75, 3.05) is 11.5 Å². The second kappa shape index (κ2) is 7.64. The number of ether oxygens (including phenoxy) is 2. The molecule has 1 unspecified atom stereocenters.